The highest BCUT2D eigenvalue weighted by molar-refractivity contribution is 5.94. The van der Waals surface area contributed by atoms with Crippen LogP contribution in [0.4, 0.5) is 0 Å². The molecule has 1 N–H and O–H groups in total. The Morgan fingerprint density at radius 2 is 1.95 bits per heavy atom. The predicted octanol–water partition coefficient (Wildman–Crippen LogP) is 3.90. The lowest BCUT2D eigenvalue weighted by atomic mass is 9.69. The average molecular weight is 521 g/mol. The van der Waals surface area contributed by atoms with Gasteiger partial charge in [0.05, 0.1) is 19.8 Å². The van der Waals surface area contributed by atoms with Gasteiger partial charge in [0.15, 0.2) is 0 Å². The van der Waals surface area contributed by atoms with Crippen molar-refractivity contribution in [2.24, 2.45) is 11.8 Å². The van der Waals surface area contributed by atoms with Crippen molar-refractivity contribution in [1.29, 1.82) is 0 Å². The molecule has 8 nitrogen and oxygen atoms in total. The van der Waals surface area contributed by atoms with Gasteiger partial charge >= 0.3 is 0 Å². The Kier molecular flexibility index (Phi) is 8.47. The lowest BCUT2D eigenvalue weighted by Gasteiger charge is -2.57. The van der Waals surface area contributed by atoms with Gasteiger partial charge in [0.2, 0.25) is 5.91 Å². The molecule has 3 fully saturated rings. The van der Waals surface area contributed by atoms with Crippen LogP contribution in [0.3, 0.4) is 0 Å². The molecular weight excluding hydrogens is 480 g/mol. The van der Waals surface area contributed by atoms with Crippen LogP contribution in [-0.2, 0) is 11.3 Å². The molecule has 4 heterocycles. The van der Waals surface area contributed by atoms with E-state index in [1.165, 1.54) is 32.4 Å². The molecule has 204 valence electrons. The minimum Gasteiger partial charge on any atom is -0.497 e. The molecule has 0 unspecified atom stereocenters. The molecule has 0 bridgehead atoms. The van der Waals surface area contributed by atoms with Crippen molar-refractivity contribution >= 4 is 11.8 Å². The predicted molar refractivity (Wildman–Crippen MR) is 145 cm³/mol. The van der Waals surface area contributed by atoms with Crippen molar-refractivity contribution in [3.63, 3.8) is 0 Å². The van der Waals surface area contributed by atoms with Gasteiger partial charge in [-0.25, -0.2) is 0 Å². The van der Waals surface area contributed by atoms with E-state index >= 15 is 0 Å². The number of aromatic nitrogens is 1. The number of methoxy groups -OCH3 is 2. The highest BCUT2D eigenvalue weighted by Crippen LogP contribution is 2.43. The SMILES string of the molecule is COc1ccc(OC)c(CNC(=O)CCC[C@@H]2[C@H]3CCCN4CCC[C@@H](CN2C(=O)c2cccnc2)[C@@H]34)c1. The van der Waals surface area contributed by atoms with E-state index in [9.17, 15) is 9.59 Å². The molecule has 5 rings (SSSR count). The molecule has 0 saturated carbocycles. The number of hydrogen-bond donors (Lipinski definition) is 1. The molecule has 2 aromatic rings. The summed E-state index contributed by atoms with van der Waals surface area (Å²) in [4.78, 5) is 35.5. The van der Waals surface area contributed by atoms with Gasteiger partial charge in [-0.3, -0.25) is 19.5 Å². The summed E-state index contributed by atoms with van der Waals surface area (Å²) in [7, 11) is 3.25. The first-order valence-corrected chi connectivity index (χ1v) is 14.0. The van der Waals surface area contributed by atoms with Crippen LogP contribution < -0.4 is 14.8 Å². The summed E-state index contributed by atoms with van der Waals surface area (Å²) in [6, 6.07) is 10.00. The number of nitrogens with zero attached hydrogens (tertiary/aromatic N) is 3. The van der Waals surface area contributed by atoms with Crippen molar-refractivity contribution in [3.8, 4) is 11.5 Å². The van der Waals surface area contributed by atoms with Crippen LogP contribution in [0.5, 0.6) is 11.5 Å². The second-order valence-electron chi connectivity index (χ2n) is 10.8. The number of nitrogens with one attached hydrogen (secondary N) is 1. The third-order valence-corrected chi connectivity index (χ3v) is 8.71. The molecule has 2 amide bonds. The number of likely N-dealkylation sites (tertiary alicyclic amines) is 1. The Morgan fingerprint density at radius 3 is 2.71 bits per heavy atom. The topological polar surface area (TPSA) is 84.0 Å². The van der Waals surface area contributed by atoms with Crippen LogP contribution in [0.2, 0.25) is 0 Å². The van der Waals surface area contributed by atoms with Crippen LogP contribution in [0.15, 0.2) is 42.7 Å². The Bertz CT molecular complexity index is 1110. The molecule has 0 aliphatic carbocycles. The van der Waals surface area contributed by atoms with Gasteiger partial charge in [0.25, 0.3) is 5.91 Å². The van der Waals surface area contributed by atoms with Crippen LogP contribution >= 0.6 is 0 Å². The normalized spacial score (nSPS) is 24.8. The largest absolute Gasteiger partial charge is 0.497 e. The fourth-order valence-electron chi connectivity index (χ4n) is 7.03. The van der Waals surface area contributed by atoms with Crippen molar-refractivity contribution in [1.82, 2.24) is 20.1 Å². The highest BCUT2D eigenvalue weighted by Gasteiger charge is 2.49. The first kappa shape index (κ1) is 26.5. The molecule has 1 aromatic heterocycles. The van der Waals surface area contributed by atoms with E-state index in [4.69, 9.17) is 9.47 Å². The van der Waals surface area contributed by atoms with E-state index in [0.717, 1.165) is 42.9 Å². The van der Waals surface area contributed by atoms with Gasteiger partial charge in [0.1, 0.15) is 11.5 Å². The smallest absolute Gasteiger partial charge is 0.255 e. The van der Waals surface area contributed by atoms with Crippen molar-refractivity contribution < 1.29 is 19.1 Å². The number of hydrogen-bond acceptors (Lipinski definition) is 6. The molecule has 4 atom stereocenters. The van der Waals surface area contributed by atoms with Crippen molar-refractivity contribution in [3.05, 3.63) is 53.9 Å². The fourth-order valence-corrected chi connectivity index (χ4v) is 7.03. The average Bonchev–Trinajstić information content (AvgIpc) is 2.97. The maximum absolute atomic E-state index is 13.7. The van der Waals surface area contributed by atoms with E-state index in [1.54, 1.807) is 26.6 Å². The van der Waals surface area contributed by atoms with Gasteiger partial charge in [-0.05, 0) is 93.8 Å². The minimum atomic E-state index is 0.0108. The number of carbonyl (C=O) groups excluding carboxylic acids is 2. The molecule has 38 heavy (non-hydrogen) atoms. The minimum absolute atomic E-state index is 0.0108. The lowest BCUT2D eigenvalue weighted by Crippen LogP contribution is -2.65. The van der Waals surface area contributed by atoms with Crippen LogP contribution in [0.1, 0.15) is 60.9 Å². The number of rotatable bonds is 9. The summed E-state index contributed by atoms with van der Waals surface area (Å²) in [6.07, 6.45) is 10.1. The molecule has 3 aliphatic rings. The maximum atomic E-state index is 13.7. The number of pyridine rings is 1. The standard InChI is InChI=1S/C30H40N4O4/c1-37-24-12-13-27(38-2)23(17-24)19-32-28(35)11-3-10-26-25-9-6-16-33-15-5-8-22(29(25)33)20-34(26)30(36)21-7-4-14-31-18-21/h4,7,12-14,17-18,22,25-26,29H,3,5-6,8-11,15-16,19-20H2,1-2H3,(H,32,35)/t22-,25+,26+,29-/m0/s1. The fraction of sp³-hybridized carbons (Fsp3) is 0.567. The zero-order valence-corrected chi connectivity index (χ0v) is 22.6. The highest BCUT2D eigenvalue weighted by atomic mass is 16.5. The maximum Gasteiger partial charge on any atom is 0.255 e. The number of ether oxygens (including phenoxy) is 2. The van der Waals surface area contributed by atoms with Gasteiger partial charge in [-0.2, -0.15) is 0 Å². The van der Waals surface area contributed by atoms with E-state index < -0.39 is 0 Å². The van der Waals surface area contributed by atoms with E-state index in [2.05, 4.69) is 20.1 Å². The molecule has 3 aliphatic heterocycles. The van der Waals surface area contributed by atoms with Crippen molar-refractivity contribution in [2.75, 3.05) is 33.9 Å². The first-order chi connectivity index (χ1) is 18.6. The Morgan fingerprint density at radius 1 is 1.11 bits per heavy atom. The molecule has 0 radical (unpaired) electrons. The second-order valence-corrected chi connectivity index (χ2v) is 10.8. The molecule has 1 aromatic carbocycles. The van der Waals surface area contributed by atoms with E-state index in [-0.39, 0.29) is 17.9 Å². The molecule has 8 heteroatoms. The number of carbonyl (C=O) groups is 2. The third-order valence-electron chi connectivity index (χ3n) is 8.71. The Labute approximate surface area is 225 Å². The molecule has 3 saturated heterocycles. The number of piperidine rings is 3. The summed E-state index contributed by atoms with van der Waals surface area (Å²) in [5, 5.41) is 3.04. The Hall–Kier alpha value is -3.13. The lowest BCUT2D eigenvalue weighted by molar-refractivity contribution is -0.121. The zero-order chi connectivity index (χ0) is 26.5. The van der Waals surface area contributed by atoms with Gasteiger partial charge < -0.3 is 19.7 Å². The quantitative estimate of drug-likeness (QED) is 0.540. The van der Waals surface area contributed by atoms with E-state index in [1.807, 2.05) is 30.3 Å². The number of amides is 2. The van der Waals surface area contributed by atoms with Crippen LogP contribution in [0, 0.1) is 11.8 Å². The Balaban J connectivity index is 1.24. The van der Waals surface area contributed by atoms with Crippen molar-refractivity contribution in [2.45, 2.75) is 63.6 Å². The zero-order valence-electron chi connectivity index (χ0n) is 22.6. The van der Waals surface area contributed by atoms with E-state index in [0.29, 0.717) is 36.4 Å². The molecule has 0 spiro atoms. The summed E-state index contributed by atoms with van der Waals surface area (Å²) < 4.78 is 10.8. The number of benzene rings is 1. The molecular formula is C30H40N4O4. The van der Waals surface area contributed by atoms with Crippen LogP contribution in [-0.4, -0.2) is 72.5 Å². The third kappa shape index (κ3) is 5.65. The first-order valence-electron chi connectivity index (χ1n) is 14.0. The monoisotopic (exact) mass is 520 g/mol. The van der Waals surface area contributed by atoms with Gasteiger partial charge in [-0.15, -0.1) is 0 Å². The van der Waals surface area contributed by atoms with Gasteiger partial charge in [0, 0.05) is 49.6 Å². The summed E-state index contributed by atoms with van der Waals surface area (Å²) >= 11 is 0. The second kappa shape index (κ2) is 12.2. The summed E-state index contributed by atoms with van der Waals surface area (Å²) in [6.45, 7) is 3.54. The summed E-state index contributed by atoms with van der Waals surface area (Å²) in [5.74, 6) is 2.55. The van der Waals surface area contributed by atoms with Gasteiger partial charge in [-0.1, -0.05) is 0 Å². The van der Waals surface area contributed by atoms with Crippen LogP contribution in [0.25, 0.3) is 0 Å². The summed E-state index contributed by atoms with van der Waals surface area (Å²) in [5.41, 5.74) is 1.54.